The Hall–Kier alpha value is -0.790. The number of aliphatic hydroxyl groups is 1. The van der Waals surface area contributed by atoms with Crippen molar-refractivity contribution >= 4 is 5.78 Å². The van der Waals surface area contributed by atoms with Gasteiger partial charge in [-0.05, 0) is 18.8 Å². The molecule has 0 bridgehead atoms. The average molecular weight is 194 g/mol. The second-order valence-electron chi connectivity index (χ2n) is 4.66. The molecule has 78 valence electrons. The van der Waals surface area contributed by atoms with E-state index in [0.717, 1.165) is 18.4 Å². The molecule has 0 aromatic rings. The maximum absolute atomic E-state index is 11.8. The fourth-order valence-electron chi connectivity index (χ4n) is 2.73. The molecule has 0 aromatic heterocycles. The van der Waals surface area contributed by atoms with Gasteiger partial charge in [0.2, 0.25) is 0 Å². The lowest BCUT2D eigenvalue weighted by atomic mass is 9.82. The maximum Gasteiger partial charge on any atom is 0.165 e. The number of hydrogen-bond acceptors (Lipinski definition) is 2. The first-order valence-corrected chi connectivity index (χ1v) is 5.66. The third-order valence-corrected chi connectivity index (χ3v) is 3.54. The van der Waals surface area contributed by atoms with E-state index in [2.05, 4.69) is 0 Å². The number of rotatable bonds is 1. The molecule has 0 amide bonds. The second kappa shape index (κ2) is 3.76. The van der Waals surface area contributed by atoms with E-state index < -0.39 is 0 Å². The summed E-state index contributed by atoms with van der Waals surface area (Å²) in [6.45, 7) is 1.91. The molecule has 2 aliphatic carbocycles. The number of carbonyl (C=O) groups excluding carboxylic acids is 1. The number of ketones is 1. The molecule has 0 spiro atoms. The molecule has 2 aliphatic rings. The predicted molar refractivity (Wildman–Crippen MR) is 55.0 cm³/mol. The first kappa shape index (κ1) is 9.75. The highest BCUT2D eigenvalue weighted by Crippen LogP contribution is 2.38. The first-order valence-electron chi connectivity index (χ1n) is 5.66. The van der Waals surface area contributed by atoms with Crippen molar-refractivity contribution in [3.63, 3.8) is 0 Å². The van der Waals surface area contributed by atoms with E-state index in [1.54, 1.807) is 0 Å². The van der Waals surface area contributed by atoms with Crippen molar-refractivity contribution in [3.05, 3.63) is 11.3 Å². The van der Waals surface area contributed by atoms with Crippen molar-refractivity contribution < 1.29 is 9.90 Å². The summed E-state index contributed by atoms with van der Waals surface area (Å²) in [4.78, 5) is 11.8. The van der Waals surface area contributed by atoms with Gasteiger partial charge in [-0.1, -0.05) is 26.2 Å². The van der Waals surface area contributed by atoms with E-state index in [1.807, 2.05) is 6.92 Å². The van der Waals surface area contributed by atoms with Gasteiger partial charge < -0.3 is 5.11 Å². The Kier molecular flexibility index (Phi) is 2.62. The van der Waals surface area contributed by atoms with Crippen LogP contribution >= 0.6 is 0 Å². The van der Waals surface area contributed by atoms with E-state index in [-0.39, 0.29) is 11.7 Å². The summed E-state index contributed by atoms with van der Waals surface area (Å²) in [7, 11) is 0. The Morgan fingerprint density at radius 3 is 2.36 bits per heavy atom. The quantitative estimate of drug-likeness (QED) is 0.696. The molecule has 2 heteroatoms. The van der Waals surface area contributed by atoms with Gasteiger partial charge in [-0.3, -0.25) is 4.79 Å². The summed E-state index contributed by atoms with van der Waals surface area (Å²) in [5.41, 5.74) is 0.775. The molecule has 1 saturated carbocycles. The third-order valence-electron chi connectivity index (χ3n) is 3.54. The van der Waals surface area contributed by atoms with Crippen LogP contribution in [0.4, 0.5) is 0 Å². The third kappa shape index (κ3) is 1.58. The smallest absolute Gasteiger partial charge is 0.165 e. The lowest BCUT2D eigenvalue weighted by Gasteiger charge is -2.22. The fraction of sp³-hybridized carbons (Fsp3) is 0.750. The monoisotopic (exact) mass is 194 g/mol. The Morgan fingerprint density at radius 1 is 1.21 bits per heavy atom. The normalized spacial score (nSPS) is 30.1. The van der Waals surface area contributed by atoms with Gasteiger partial charge in [0, 0.05) is 17.9 Å². The van der Waals surface area contributed by atoms with Gasteiger partial charge in [0.05, 0.1) is 5.76 Å². The minimum atomic E-state index is 0.0203. The Morgan fingerprint density at radius 2 is 1.86 bits per heavy atom. The van der Waals surface area contributed by atoms with E-state index in [0.29, 0.717) is 18.1 Å². The molecule has 0 saturated heterocycles. The van der Waals surface area contributed by atoms with Crippen LogP contribution in [0.1, 0.15) is 45.4 Å². The molecule has 1 unspecified atom stereocenters. The van der Waals surface area contributed by atoms with Gasteiger partial charge in [-0.2, -0.15) is 0 Å². The van der Waals surface area contributed by atoms with Gasteiger partial charge >= 0.3 is 0 Å². The summed E-state index contributed by atoms with van der Waals surface area (Å²) in [6.07, 6.45) is 6.47. The van der Waals surface area contributed by atoms with Crippen molar-refractivity contribution in [1.82, 2.24) is 0 Å². The van der Waals surface area contributed by atoms with Crippen molar-refractivity contribution in [2.75, 3.05) is 0 Å². The highest BCUT2D eigenvalue weighted by atomic mass is 16.3. The van der Waals surface area contributed by atoms with Gasteiger partial charge in [0.1, 0.15) is 0 Å². The zero-order valence-corrected chi connectivity index (χ0v) is 8.75. The minimum absolute atomic E-state index is 0.0203. The lowest BCUT2D eigenvalue weighted by Crippen LogP contribution is -2.16. The Balaban J connectivity index is 2.15. The van der Waals surface area contributed by atoms with Crippen LogP contribution in [-0.4, -0.2) is 10.9 Å². The zero-order valence-electron chi connectivity index (χ0n) is 8.75. The lowest BCUT2D eigenvalue weighted by molar-refractivity contribution is -0.118. The molecule has 0 radical (unpaired) electrons. The number of hydrogen-bond donors (Lipinski definition) is 1. The molecule has 14 heavy (non-hydrogen) atoms. The van der Waals surface area contributed by atoms with Gasteiger partial charge in [0.25, 0.3) is 0 Å². The van der Waals surface area contributed by atoms with Crippen molar-refractivity contribution in [1.29, 1.82) is 0 Å². The van der Waals surface area contributed by atoms with Crippen LogP contribution in [0.15, 0.2) is 11.3 Å². The largest absolute Gasteiger partial charge is 0.512 e. The molecule has 1 atom stereocenters. The molecule has 0 heterocycles. The molecule has 0 aliphatic heterocycles. The van der Waals surface area contributed by atoms with Gasteiger partial charge in [-0.25, -0.2) is 0 Å². The van der Waals surface area contributed by atoms with E-state index in [4.69, 9.17) is 0 Å². The molecular weight excluding hydrogens is 176 g/mol. The predicted octanol–water partition coefficient (Wildman–Crippen LogP) is 2.99. The number of aliphatic hydroxyl groups excluding tert-OH is 1. The Bertz CT molecular complexity index is 272. The average Bonchev–Trinajstić information content (AvgIpc) is 2.43. The van der Waals surface area contributed by atoms with Crippen LogP contribution in [0.5, 0.6) is 0 Å². The van der Waals surface area contributed by atoms with Crippen LogP contribution in [0.25, 0.3) is 0 Å². The molecule has 2 rings (SSSR count). The zero-order chi connectivity index (χ0) is 10.1. The maximum atomic E-state index is 11.8. The minimum Gasteiger partial charge on any atom is -0.512 e. The van der Waals surface area contributed by atoms with Crippen LogP contribution < -0.4 is 0 Å². The highest BCUT2D eigenvalue weighted by molar-refractivity contribution is 6.00. The van der Waals surface area contributed by atoms with Gasteiger partial charge in [0.15, 0.2) is 5.78 Å². The van der Waals surface area contributed by atoms with Crippen LogP contribution in [0.2, 0.25) is 0 Å². The molecule has 1 fully saturated rings. The van der Waals surface area contributed by atoms with Crippen LogP contribution in [0.3, 0.4) is 0 Å². The second-order valence-corrected chi connectivity index (χ2v) is 4.66. The number of allylic oxidation sites excluding steroid dienone is 2. The molecular formula is C12H18O2. The molecule has 1 N–H and O–H groups in total. The van der Waals surface area contributed by atoms with Crippen molar-refractivity contribution in [2.24, 2.45) is 11.8 Å². The highest BCUT2D eigenvalue weighted by Gasteiger charge is 2.34. The van der Waals surface area contributed by atoms with Crippen LogP contribution in [-0.2, 0) is 4.79 Å². The van der Waals surface area contributed by atoms with Gasteiger partial charge in [-0.15, -0.1) is 0 Å². The van der Waals surface area contributed by atoms with Crippen molar-refractivity contribution in [3.8, 4) is 0 Å². The van der Waals surface area contributed by atoms with E-state index >= 15 is 0 Å². The molecule has 2 nitrogen and oxygen atoms in total. The summed E-state index contributed by atoms with van der Waals surface area (Å²) in [5.74, 6) is 0.969. The van der Waals surface area contributed by atoms with Crippen LogP contribution in [0, 0.1) is 11.8 Å². The standard InChI is InChI=1S/C12H18O2/c1-8-7-10(13)11(12(8)14)9-5-3-2-4-6-9/h8-9,13H,2-7H2,1H3. The van der Waals surface area contributed by atoms with Crippen molar-refractivity contribution in [2.45, 2.75) is 45.4 Å². The summed E-state index contributed by atoms with van der Waals surface area (Å²) < 4.78 is 0. The fourth-order valence-corrected chi connectivity index (χ4v) is 2.73. The summed E-state index contributed by atoms with van der Waals surface area (Å²) >= 11 is 0. The first-order chi connectivity index (χ1) is 6.70. The SMILES string of the molecule is CC1CC(O)=C(C2CCCCC2)C1=O. The summed E-state index contributed by atoms with van der Waals surface area (Å²) in [5, 5.41) is 9.74. The Labute approximate surface area is 85.0 Å². The number of Topliss-reactive ketones (excluding diaryl/α,β-unsaturated/α-hetero) is 1. The molecule has 0 aromatic carbocycles. The number of carbonyl (C=O) groups is 1. The van der Waals surface area contributed by atoms with E-state index in [9.17, 15) is 9.90 Å². The summed E-state index contributed by atoms with van der Waals surface area (Å²) in [6, 6.07) is 0. The van der Waals surface area contributed by atoms with E-state index in [1.165, 1.54) is 19.3 Å². The topological polar surface area (TPSA) is 37.3 Å².